The zero-order valence-corrected chi connectivity index (χ0v) is 19.4. The second-order valence-corrected chi connectivity index (χ2v) is 9.50. The summed E-state index contributed by atoms with van der Waals surface area (Å²) in [6.07, 6.45) is 1.67. The fraction of sp³-hybridized carbons (Fsp3) is 0.276. The Balaban J connectivity index is 1.20. The quantitative estimate of drug-likeness (QED) is 0.332. The van der Waals surface area contributed by atoms with Crippen LogP contribution in [0.1, 0.15) is 29.0 Å². The zero-order chi connectivity index (χ0) is 24.8. The maximum atomic E-state index is 14.2. The topological polar surface area (TPSA) is 38.8 Å². The number of hydrogen-bond donors (Lipinski definition) is 0. The molecule has 1 fully saturated rings. The smallest absolute Gasteiger partial charge is 0.410 e. The van der Waals surface area contributed by atoms with Crippen molar-refractivity contribution >= 4 is 6.09 Å². The molecule has 2 heterocycles. The molecule has 2 atom stereocenters. The van der Waals surface area contributed by atoms with E-state index < -0.39 is 29.6 Å². The Hall–Kier alpha value is -3.58. The number of nitrogens with zero attached hydrogens (tertiary/aromatic N) is 1. The van der Waals surface area contributed by atoms with Gasteiger partial charge in [0.25, 0.3) is 0 Å². The fourth-order valence-electron chi connectivity index (χ4n) is 5.73. The average molecular weight is 492 g/mol. The number of rotatable bonds is 4. The maximum Gasteiger partial charge on any atom is 0.410 e. The molecule has 0 N–H and O–H groups in total. The molecule has 7 heteroatoms. The largest absolute Gasteiger partial charge is 0.448 e. The van der Waals surface area contributed by atoms with Crippen LogP contribution in [0.15, 0.2) is 72.3 Å². The Bertz CT molecular complexity index is 1330. The van der Waals surface area contributed by atoms with Crippen LogP contribution >= 0.6 is 0 Å². The molecule has 1 amide bonds. The lowest BCUT2D eigenvalue weighted by Gasteiger charge is -2.44. The van der Waals surface area contributed by atoms with E-state index in [2.05, 4.69) is 24.3 Å². The van der Waals surface area contributed by atoms with Crippen LogP contribution in [0.5, 0.6) is 0 Å². The van der Waals surface area contributed by atoms with E-state index in [1.54, 1.807) is 11.0 Å². The predicted octanol–water partition coefficient (Wildman–Crippen LogP) is 6.00. The molecule has 1 aliphatic carbocycles. The van der Waals surface area contributed by atoms with E-state index in [1.807, 2.05) is 24.3 Å². The van der Waals surface area contributed by atoms with E-state index >= 15 is 0 Å². The Labute approximate surface area is 206 Å². The van der Waals surface area contributed by atoms with Gasteiger partial charge in [0.2, 0.25) is 0 Å². The summed E-state index contributed by atoms with van der Waals surface area (Å²) in [5.41, 5.74) is 5.03. The summed E-state index contributed by atoms with van der Waals surface area (Å²) < 4.78 is 53.6. The molecule has 2 aliphatic heterocycles. The highest BCUT2D eigenvalue weighted by Crippen LogP contribution is 2.44. The van der Waals surface area contributed by atoms with Crippen LogP contribution in [-0.2, 0) is 15.9 Å². The van der Waals surface area contributed by atoms with Gasteiger partial charge in [-0.3, -0.25) is 4.90 Å². The van der Waals surface area contributed by atoms with E-state index in [-0.39, 0.29) is 37.2 Å². The van der Waals surface area contributed by atoms with Crippen LogP contribution in [0, 0.1) is 17.5 Å². The summed E-state index contributed by atoms with van der Waals surface area (Å²) in [6, 6.07) is 17.3. The minimum Gasteiger partial charge on any atom is -0.448 e. The highest BCUT2D eigenvalue weighted by Gasteiger charge is 2.40. The highest BCUT2D eigenvalue weighted by molar-refractivity contribution is 5.79. The Kier molecular flexibility index (Phi) is 5.80. The third-order valence-corrected chi connectivity index (χ3v) is 7.37. The molecule has 0 saturated carbocycles. The number of fused-ring (bicyclic) bond motifs is 5. The highest BCUT2D eigenvalue weighted by atomic mass is 19.2. The van der Waals surface area contributed by atoms with Crippen molar-refractivity contribution in [2.45, 2.75) is 30.8 Å². The molecule has 2 bridgehead atoms. The number of carbonyl (C=O) groups is 1. The number of halogens is 3. The summed E-state index contributed by atoms with van der Waals surface area (Å²) in [4.78, 5) is 14.9. The fourth-order valence-corrected chi connectivity index (χ4v) is 5.73. The standard InChI is InChI=1S/C29H24F3NO3/c30-26-9-10-27(31)28(32)24(26)13-17-11-18-14-35-15-19(12-17)33(18)29(34)36-16-25-22-7-3-1-5-20(22)21-6-2-4-8-23(21)25/h1-11,18-19,25H,12-16H2. The van der Waals surface area contributed by atoms with Crippen molar-refractivity contribution in [3.8, 4) is 11.1 Å². The monoisotopic (exact) mass is 491 g/mol. The lowest BCUT2D eigenvalue weighted by atomic mass is 9.90. The van der Waals surface area contributed by atoms with E-state index in [9.17, 15) is 18.0 Å². The van der Waals surface area contributed by atoms with E-state index in [0.29, 0.717) is 13.0 Å². The maximum absolute atomic E-state index is 14.2. The van der Waals surface area contributed by atoms with Crippen molar-refractivity contribution in [3.05, 3.63) is 106 Å². The molecule has 2 unspecified atom stereocenters. The molecule has 1 saturated heterocycles. The first kappa shape index (κ1) is 22.9. The molecule has 36 heavy (non-hydrogen) atoms. The molecular formula is C29H24F3NO3. The molecule has 0 spiro atoms. The number of ether oxygens (including phenoxy) is 2. The van der Waals surface area contributed by atoms with Crippen molar-refractivity contribution in [3.63, 3.8) is 0 Å². The zero-order valence-electron chi connectivity index (χ0n) is 19.4. The summed E-state index contributed by atoms with van der Waals surface area (Å²) in [5.74, 6) is -3.08. The molecule has 4 nitrogen and oxygen atoms in total. The van der Waals surface area contributed by atoms with Gasteiger partial charge in [-0.15, -0.1) is 0 Å². The predicted molar refractivity (Wildman–Crippen MR) is 128 cm³/mol. The molecule has 6 rings (SSSR count). The van der Waals surface area contributed by atoms with Gasteiger partial charge in [0.1, 0.15) is 12.4 Å². The number of amides is 1. The molecule has 0 radical (unpaired) electrons. The van der Waals surface area contributed by atoms with Gasteiger partial charge in [0.15, 0.2) is 11.6 Å². The van der Waals surface area contributed by atoms with Gasteiger partial charge in [0, 0.05) is 11.5 Å². The number of carbonyl (C=O) groups excluding carboxylic acids is 1. The minimum atomic E-state index is -1.17. The summed E-state index contributed by atoms with van der Waals surface area (Å²) in [6.45, 7) is 0.768. The van der Waals surface area contributed by atoms with Gasteiger partial charge in [-0.1, -0.05) is 60.2 Å². The van der Waals surface area contributed by atoms with Crippen LogP contribution < -0.4 is 0 Å². The first-order chi connectivity index (χ1) is 17.5. The van der Waals surface area contributed by atoms with Gasteiger partial charge in [-0.2, -0.15) is 0 Å². The van der Waals surface area contributed by atoms with Gasteiger partial charge >= 0.3 is 6.09 Å². The van der Waals surface area contributed by atoms with Crippen molar-refractivity contribution in [2.24, 2.45) is 0 Å². The molecule has 0 aromatic heterocycles. The first-order valence-electron chi connectivity index (χ1n) is 12.0. The number of morpholine rings is 1. The van der Waals surface area contributed by atoms with Crippen LogP contribution in [0.25, 0.3) is 11.1 Å². The Morgan fingerprint density at radius 1 is 0.917 bits per heavy atom. The van der Waals surface area contributed by atoms with Gasteiger partial charge < -0.3 is 9.47 Å². The second-order valence-electron chi connectivity index (χ2n) is 9.50. The van der Waals surface area contributed by atoms with Crippen molar-refractivity contribution < 1.29 is 27.4 Å². The van der Waals surface area contributed by atoms with Crippen LogP contribution in [-0.4, -0.2) is 42.9 Å². The molecular weight excluding hydrogens is 467 g/mol. The third kappa shape index (κ3) is 3.88. The second kappa shape index (κ2) is 9.13. The minimum absolute atomic E-state index is 0.0488. The van der Waals surface area contributed by atoms with Crippen LogP contribution in [0.2, 0.25) is 0 Å². The van der Waals surface area contributed by atoms with Gasteiger partial charge in [-0.25, -0.2) is 18.0 Å². The lowest BCUT2D eigenvalue weighted by Crippen LogP contribution is -2.56. The summed E-state index contributed by atoms with van der Waals surface area (Å²) in [5, 5.41) is 0. The number of hydrogen-bond acceptors (Lipinski definition) is 3. The van der Waals surface area contributed by atoms with E-state index in [1.165, 1.54) is 0 Å². The third-order valence-electron chi connectivity index (χ3n) is 7.37. The SMILES string of the molecule is O=C(OCC1c2ccccc2-c2ccccc21)N1C2C=C(Cc3c(F)ccc(F)c3F)CC1COC2. The van der Waals surface area contributed by atoms with E-state index in [4.69, 9.17) is 9.47 Å². The lowest BCUT2D eigenvalue weighted by molar-refractivity contribution is -0.0364. The Morgan fingerprint density at radius 3 is 2.28 bits per heavy atom. The normalized spacial score (nSPS) is 20.5. The van der Waals surface area contributed by atoms with Crippen molar-refractivity contribution in [1.29, 1.82) is 0 Å². The molecule has 3 aliphatic rings. The molecule has 3 aromatic rings. The number of benzene rings is 3. The van der Waals surface area contributed by atoms with Gasteiger partial charge in [0.05, 0.1) is 25.3 Å². The van der Waals surface area contributed by atoms with Gasteiger partial charge in [-0.05, 0) is 47.2 Å². The van der Waals surface area contributed by atoms with E-state index in [0.717, 1.165) is 40.0 Å². The first-order valence-corrected chi connectivity index (χ1v) is 12.0. The molecule has 184 valence electrons. The Morgan fingerprint density at radius 2 is 1.58 bits per heavy atom. The van der Waals surface area contributed by atoms with Crippen LogP contribution in [0.3, 0.4) is 0 Å². The van der Waals surface area contributed by atoms with Crippen molar-refractivity contribution in [1.82, 2.24) is 4.90 Å². The average Bonchev–Trinajstić information content (AvgIpc) is 3.20. The van der Waals surface area contributed by atoms with Crippen molar-refractivity contribution in [2.75, 3.05) is 19.8 Å². The summed E-state index contributed by atoms with van der Waals surface area (Å²) in [7, 11) is 0. The summed E-state index contributed by atoms with van der Waals surface area (Å²) >= 11 is 0. The molecule has 3 aromatic carbocycles. The van der Waals surface area contributed by atoms with Crippen LogP contribution in [0.4, 0.5) is 18.0 Å².